The molecular weight excluding hydrogens is 404 g/mol. The first kappa shape index (κ1) is 21.9. The minimum Gasteiger partial charge on any atom is -0.486 e. The van der Waals surface area contributed by atoms with Crippen LogP contribution in [0.4, 0.5) is 0 Å². The highest BCUT2D eigenvalue weighted by Crippen LogP contribution is 2.27. The number of rotatable bonds is 8. The zero-order valence-electron chi connectivity index (χ0n) is 18.2. The molecule has 1 atom stereocenters. The normalized spacial score (nSPS) is 16.2. The van der Waals surface area contributed by atoms with Gasteiger partial charge in [-0.3, -0.25) is 4.90 Å². The van der Waals surface area contributed by atoms with E-state index in [0.29, 0.717) is 0 Å². The van der Waals surface area contributed by atoms with E-state index in [1.54, 1.807) is 0 Å². The minimum atomic E-state index is -0.0104. The maximum atomic E-state index is 6.41. The fraction of sp³-hybridized carbons (Fsp3) is 0.333. The van der Waals surface area contributed by atoms with Gasteiger partial charge in [0, 0.05) is 50.7 Å². The molecule has 0 radical (unpaired) electrons. The smallest absolute Gasteiger partial charge is 0.125 e. The van der Waals surface area contributed by atoms with Gasteiger partial charge in [-0.05, 0) is 42.3 Å². The van der Waals surface area contributed by atoms with Crippen LogP contribution in [-0.2, 0) is 6.54 Å². The molecule has 1 aliphatic heterocycles. The van der Waals surface area contributed by atoms with Crippen LogP contribution in [0.2, 0.25) is 5.02 Å². The predicted molar refractivity (Wildman–Crippen MR) is 129 cm³/mol. The quantitative estimate of drug-likeness (QED) is 0.434. The summed E-state index contributed by atoms with van der Waals surface area (Å²) in [6.07, 6.45) is 0.927. The molecule has 3 aromatic rings. The highest BCUT2D eigenvalue weighted by Gasteiger charge is 2.20. The van der Waals surface area contributed by atoms with Crippen LogP contribution in [0.1, 0.15) is 29.2 Å². The standard InChI is InChI=1S/C27H31ClN2O/c1-22-10-12-26(13-11-22)31-27(24-8-5-9-25(28)20-24)14-15-29-16-18-30(19-17-29)21-23-6-3-2-4-7-23/h2-13,20,27H,14-19,21H2,1H3/t27-/m1/s1. The third-order valence-electron chi connectivity index (χ3n) is 5.94. The van der Waals surface area contributed by atoms with E-state index < -0.39 is 0 Å². The van der Waals surface area contributed by atoms with Gasteiger partial charge in [0.2, 0.25) is 0 Å². The maximum Gasteiger partial charge on any atom is 0.125 e. The number of piperazine rings is 1. The number of benzene rings is 3. The molecule has 0 aromatic heterocycles. The summed E-state index contributed by atoms with van der Waals surface area (Å²) < 4.78 is 6.41. The molecule has 1 saturated heterocycles. The average molecular weight is 435 g/mol. The van der Waals surface area contributed by atoms with Gasteiger partial charge in [-0.2, -0.15) is 0 Å². The zero-order valence-corrected chi connectivity index (χ0v) is 19.0. The summed E-state index contributed by atoms with van der Waals surface area (Å²) in [5, 5.41) is 0.754. The lowest BCUT2D eigenvalue weighted by molar-refractivity contribution is 0.107. The number of aryl methyl sites for hydroxylation is 1. The van der Waals surface area contributed by atoms with Crippen molar-refractivity contribution in [1.82, 2.24) is 9.80 Å². The summed E-state index contributed by atoms with van der Waals surface area (Å²) in [4.78, 5) is 5.10. The van der Waals surface area contributed by atoms with Crippen LogP contribution in [0.3, 0.4) is 0 Å². The molecule has 0 bridgehead atoms. The summed E-state index contributed by atoms with van der Waals surface area (Å²) >= 11 is 6.27. The van der Waals surface area contributed by atoms with Gasteiger partial charge in [-0.1, -0.05) is 71.8 Å². The first-order valence-corrected chi connectivity index (χ1v) is 11.5. The van der Waals surface area contributed by atoms with Crippen molar-refractivity contribution < 1.29 is 4.74 Å². The SMILES string of the molecule is Cc1ccc(O[C@H](CCN2CCN(Cc3ccccc3)CC2)c2cccc(Cl)c2)cc1. The lowest BCUT2D eigenvalue weighted by Crippen LogP contribution is -2.46. The Morgan fingerprint density at radius 3 is 2.26 bits per heavy atom. The molecule has 4 heteroatoms. The van der Waals surface area contributed by atoms with Crippen molar-refractivity contribution in [2.75, 3.05) is 32.7 Å². The molecule has 0 spiro atoms. The van der Waals surface area contributed by atoms with Gasteiger partial charge in [-0.25, -0.2) is 0 Å². The molecule has 0 unspecified atom stereocenters. The van der Waals surface area contributed by atoms with E-state index in [1.165, 1.54) is 11.1 Å². The topological polar surface area (TPSA) is 15.7 Å². The lowest BCUT2D eigenvalue weighted by atomic mass is 10.1. The minimum absolute atomic E-state index is 0.0104. The van der Waals surface area contributed by atoms with Crippen molar-refractivity contribution in [1.29, 1.82) is 0 Å². The van der Waals surface area contributed by atoms with E-state index >= 15 is 0 Å². The van der Waals surface area contributed by atoms with Crippen LogP contribution >= 0.6 is 11.6 Å². The van der Waals surface area contributed by atoms with Crippen molar-refractivity contribution in [3.8, 4) is 5.75 Å². The second-order valence-corrected chi connectivity index (χ2v) is 8.80. The lowest BCUT2D eigenvalue weighted by Gasteiger charge is -2.35. The fourth-order valence-electron chi connectivity index (χ4n) is 4.09. The molecular formula is C27H31ClN2O. The van der Waals surface area contributed by atoms with Crippen molar-refractivity contribution in [2.45, 2.75) is 26.0 Å². The molecule has 31 heavy (non-hydrogen) atoms. The molecule has 0 saturated carbocycles. The Morgan fingerprint density at radius 2 is 1.55 bits per heavy atom. The number of hydrogen-bond acceptors (Lipinski definition) is 3. The fourth-order valence-corrected chi connectivity index (χ4v) is 4.29. The van der Waals surface area contributed by atoms with Crippen LogP contribution in [0, 0.1) is 6.92 Å². The first-order valence-electron chi connectivity index (χ1n) is 11.1. The number of nitrogens with zero attached hydrogens (tertiary/aromatic N) is 2. The molecule has 1 heterocycles. The average Bonchev–Trinajstić information content (AvgIpc) is 2.79. The molecule has 1 aliphatic rings. The van der Waals surface area contributed by atoms with E-state index in [9.17, 15) is 0 Å². The zero-order chi connectivity index (χ0) is 21.5. The maximum absolute atomic E-state index is 6.41. The second kappa shape index (κ2) is 10.8. The Balaban J connectivity index is 1.33. The molecule has 3 aromatic carbocycles. The van der Waals surface area contributed by atoms with Crippen LogP contribution in [0.15, 0.2) is 78.9 Å². The third-order valence-corrected chi connectivity index (χ3v) is 6.18. The van der Waals surface area contributed by atoms with Crippen LogP contribution in [0.5, 0.6) is 5.75 Å². The summed E-state index contributed by atoms with van der Waals surface area (Å²) in [7, 11) is 0. The van der Waals surface area contributed by atoms with Crippen molar-refractivity contribution in [3.63, 3.8) is 0 Å². The molecule has 1 fully saturated rings. The van der Waals surface area contributed by atoms with Gasteiger partial charge in [0.25, 0.3) is 0 Å². The van der Waals surface area contributed by atoms with E-state index in [2.05, 4.69) is 77.4 Å². The highest BCUT2D eigenvalue weighted by atomic mass is 35.5. The van der Waals surface area contributed by atoms with Gasteiger partial charge in [0.15, 0.2) is 0 Å². The predicted octanol–water partition coefficient (Wildman–Crippen LogP) is 5.98. The van der Waals surface area contributed by atoms with E-state index in [0.717, 1.165) is 62.0 Å². The van der Waals surface area contributed by atoms with E-state index in [4.69, 9.17) is 16.3 Å². The number of halogens is 1. The Kier molecular flexibility index (Phi) is 7.63. The van der Waals surface area contributed by atoms with Crippen molar-refractivity contribution in [2.24, 2.45) is 0 Å². The summed E-state index contributed by atoms with van der Waals surface area (Å²) in [5.74, 6) is 0.906. The van der Waals surface area contributed by atoms with E-state index in [1.807, 2.05) is 18.2 Å². The third kappa shape index (κ3) is 6.57. The largest absolute Gasteiger partial charge is 0.486 e. The monoisotopic (exact) mass is 434 g/mol. The Bertz CT molecular complexity index is 937. The van der Waals surface area contributed by atoms with Crippen LogP contribution < -0.4 is 4.74 Å². The Morgan fingerprint density at radius 1 is 0.839 bits per heavy atom. The molecule has 162 valence electrons. The first-order chi connectivity index (χ1) is 15.2. The van der Waals surface area contributed by atoms with Gasteiger partial charge in [0.05, 0.1) is 0 Å². The molecule has 0 N–H and O–H groups in total. The van der Waals surface area contributed by atoms with Crippen LogP contribution in [-0.4, -0.2) is 42.5 Å². The van der Waals surface area contributed by atoms with E-state index in [-0.39, 0.29) is 6.10 Å². The summed E-state index contributed by atoms with van der Waals surface area (Å²) in [6.45, 7) is 8.55. The van der Waals surface area contributed by atoms with Gasteiger partial charge in [0.1, 0.15) is 11.9 Å². The second-order valence-electron chi connectivity index (χ2n) is 8.37. The number of ether oxygens (including phenoxy) is 1. The number of hydrogen-bond donors (Lipinski definition) is 0. The van der Waals surface area contributed by atoms with Crippen molar-refractivity contribution in [3.05, 3.63) is 101 Å². The highest BCUT2D eigenvalue weighted by molar-refractivity contribution is 6.30. The Hall–Kier alpha value is -2.33. The molecule has 0 amide bonds. The summed E-state index contributed by atoms with van der Waals surface area (Å²) in [6, 6.07) is 27.1. The van der Waals surface area contributed by atoms with Gasteiger partial charge in [-0.15, -0.1) is 0 Å². The molecule has 3 nitrogen and oxygen atoms in total. The van der Waals surface area contributed by atoms with Gasteiger partial charge >= 0.3 is 0 Å². The molecule has 0 aliphatic carbocycles. The van der Waals surface area contributed by atoms with Crippen LogP contribution in [0.25, 0.3) is 0 Å². The summed E-state index contributed by atoms with van der Waals surface area (Å²) in [5.41, 5.74) is 3.76. The Labute approximate surface area is 191 Å². The van der Waals surface area contributed by atoms with Crippen molar-refractivity contribution >= 4 is 11.6 Å². The van der Waals surface area contributed by atoms with Gasteiger partial charge < -0.3 is 9.64 Å². The molecule has 4 rings (SSSR count).